The highest BCUT2D eigenvalue weighted by Crippen LogP contribution is 2.26. The quantitative estimate of drug-likeness (QED) is 0.865. The molecule has 2 aromatic heterocycles. The Bertz CT molecular complexity index is 467. The number of carboxylic acid groups (broad SMARTS) is 1. The van der Waals surface area contributed by atoms with Crippen LogP contribution in [0.1, 0.15) is 10.4 Å². The summed E-state index contributed by atoms with van der Waals surface area (Å²) in [4.78, 5) is 14.7. The summed E-state index contributed by atoms with van der Waals surface area (Å²) in [5.41, 5.74) is 0.0610. The number of hydrogen-bond donors (Lipinski definition) is 1. The van der Waals surface area contributed by atoms with Crippen LogP contribution in [0.4, 0.5) is 0 Å². The number of carbonyl (C=O) groups is 1. The Morgan fingerprint density at radius 1 is 1.40 bits per heavy atom. The molecule has 1 N–H and O–H groups in total. The van der Waals surface area contributed by atoms with Crippen molar-refractivity contribution < 1.29 is 14.6 Å². The number of aromatic nitrogens is 1. The van der Waals surface area contributed by atoms with E-state index >= 15 is 0 Å². The van der Waals surface area contributed by atoms with Crippen molar-refractivity contribution in [1.29, 1.82) is 0 Å². The summed E-state index contributed by atoms with van der Waals surface area (Å²) in [6, 6.07) is 6.59. The van der Waals surface area contributed by atoms with E-state index in [4.69, 9.17) is 9.84 Å². The van der Waals surface area contributed by atoms with Crippen molar-refractivity contribution in [3.05, 3.63) is 41.4 Å². The maximum atomic E-state index is 10.8. The van der Waals surface area contributed by atoms with E-state index < -0.39 is 5.97 Å². The third-order valence-corrected chi connectivity index (χ3v) is 2.44. The highest BCUT2D eigenvalue weighted by atomic mass is 32.1. The Morgan fingerprint density at radius 3 is 2.93 bits per heavy atom. The average Bonchev–Trinajstić information content (AvgIpc) is 2.71. The van der Waals surface area contributed by atoms with Gasteiger partial charge in [0.05, 0.1) is 0 Å². The molecule has 0 fully saturated rings. The molecule has 4 nitrogen and oxygen atoms in total. The third-order valence-electron chi connectivity index (χ3n) is 1.69. The van der Waals surface area contributed by atoms with E-state index in [1.54, 1.807) is 12.1 Å². The first-order valence-electron chi connectivity index (χ1n) is 4.17. The van der Waals surface area contributed by atoms with Crippen LogP contribution >= 0.6 is 11.3 Å². The molecule has 0 bridgehead atoms. The summed E-state index contributed by atoms with van der Waals surface area (Å²) in [6.07, 6.45) is 1.50. The van der Waals surface area contributed by atoms with E-state index in [9.17, 15) is 4.79 Å². The maximum absolute atomic E-state index is 10.8. The fourth-order valence-corrected chi connectivity index (χ4v) is 1.63. The van der Waals surface area contributed by atoms with Crippen LogP contribution in [0.3, 0.4) is 0 Å². The normalized spacial score (nSPS) is 9.87. The number of carboxylic acids is 1. The fraction of sp³-hybridized carbons (Fsp3) is 0. The monoisotopic (exact) mass is 221 g/mol. The van der Waals surface area contributed by atoms with Gasteiger partial charge in [0.1, 0.15) is 5.56 Å². The van der Waals surface area contributed by atoms with Gasteiger partial charge in [0.15, 0.2) is 5.06 Å². The van der Waals surface area contributed by atoms with Gasteiger partial charge in [-0.05, 0) is 29.6 Å². The number of thiophene rings is 1. The molecule has 0 saturated heterocycles. The van der Waals surface area contributed by atoms with Gasteiger partial charge in [-0.2, -0.15) is 0 Å². The molecule has 0 aromatic carbocycles. The second kappa shape index (κ2) is 4.10. The van der Waals surface area contributed by atoms with Crippen molar-refractivity contribution in [2.45, 2.75) is 0 Å². The lowest BCUT2D eigenvalue weighted by atomic mass is 10.3. The van der Waals surface area contributed by atoms with E-state index in [1.165, 1.54) is 23.6 Å². The molecule has 0 aliphatic carbocycles. The zero-order chi connectivity index (χ0) is 10.7. The molecule has 0 radical (unpaired) electrons. The zero-order valence-electron chi connectivity index (χ0n) is 7.58. The smallest absolute Gasteiger partial charge is 0.341 e. The number of aromatic carboxylic acids is 1. The first-order valence-corrected chi connectivity index (χ1v) is 5.05. The van der Waals surface area contributed by atoms with Crippen LogP contribution in [0, 0.1) is 0 Å². The molecule has 0 atom stereocenters. The summed E-state index contributed by atoms with van der Waals surface area (Å²) >= 11 is 1.38. The molecular weight excluding hydrogens is 214 g/mol. The molecule has 15 heavy (non-hydrogen) atoms. The summed E-state index contributed by atoms with van der Waals surface area (Å²) in [7, 11) is 0. The molecular formula is C10H7NO3S. The lowest BCUT2D eigenvalue weighted by Gasteiger charge is -2.03. The van der Waals surface area contributed by atoms with E-state index in [0.29, 0.717) is 5.06 Å². The van der Waals surface area contributed by atoms with E-state index in [0.717, 1.165) is 0 Å². The van der Waals surface area contributed by atoms with Crippen LogP contribution in [0.5, 0.6) is 10.9 Å². The molecule has 2 rings (SSSR count). The van der Waals surface area contributed by atoms with Crippen molar-refractivity contribution in [1.82, 2.24) is 4.98 Å². The molecule has 0 unspecified atom stereocenters. The van der Waals surface area contributed by atoms with Gasteiger partial charge in [-0.15, -0.1) is 11.3 Å². The molecule has 2 heterocycles. The highest BCUT2D eigenvalue weighted by molar-refractivity contribution is 7.11. The lowest BCUT2D eigenvalue weighted by Crippen LogP contribution is -2.00. The molecule has 0 aliphatic heterocycles. The van der Waals surface area contributed by atoms with Gasteiger partial charge in [0, 0.05) is 6.20 Å². The summed E-state index contributed by atoms with van der Waals surface area (Å²) < 4.78 is 5.34. The number of ether oxygens (including phenoxy) is 1. The van der Waals surface area contributed by atoms with Gasteiger partial charge < -0.3 is 9.84 Å². The Hall–Kier alpha value is -1.88. The maximum Gasteiger partial charge on any atom is 0.341 e. The first-order chi connectivity index (χ1) is 7.27. The number of hydrogen-bond acceptors (Lipinski definition) is 4. The second-order valence-electron chi connectivity index (χ2n) is 2.70. The van der Waals surface area contributed by atoms with Crippen molar-refractivity contribution in [2.24, 2.45) is 0 Å². The minimum Gasteiger partial charge on any atom is -0.477 e. The van der Waals surface area contributed by atoms with Crippen molar-refractivity contribution in [3.8, 4) is 10.9 Å². The molecule has 2 aromatic rings. The van der Waals surface area contributed by atoms with Crippen molar-refractivity contribution in [2.75, 3.05) is 0 Å². The fourth-order valence-electron chi connectivity index (χ4n) is 1.05. The summed E-state index contributed by atoms with van der Waals surface area (Å²) in [5.74, 6) is -0.929. The Labute approximate surface area is 89.8 Å². The predicted molar refractivity (Wildman–Crippen MR) is 55.6 cm³/mol. The van der Waals surface area contributed by atoms with Crippen LogP contribution in [0.15, 0.2) is 35.8 Å². The van der Waals surface area contributed by atoms with Gasteiger partial charge in [-0.3, -0.25) is 0 Å². The van der Waals surface area contributed by atoms with Gasteiger partial charge in [-0.25, -0.2) is 9.78 Å². The van der Waals surface area contributed by atoms with Crippen LogP contribution < -0.4 is 4.74 Å². The first kappa shape index (κ1) is 9.67. The van der Waals surface area contributed by atoms with Gasteiger partial charge in [0.2, 0.25) is 5.88 Å². The van der Waals surface area contributed by atoms with Crippen LogP contribution in [0.25, 0.3) is 0 Å². The minimum absolute atomic E-state index is 0.0610. The predicted octanol–water partition coefficient (Wildman–Crippen LogP) is 2.63. The Balaban J connectivity index is 2.32. The highest BCUT2D eigenvalue weighted by Gasteiger charge is 2.12. The molecule has 76 valence electrons. The topological polar surface area (TPSA) is 59.4 Å². The summed E-state index contributed by atoms with van der Waals surface area (Å²) in [5, 5.41) is 11.3. The van der Waals surface area contributed by atoms with Crippen LogP contribution in [-0.4, -0.2) is 16.1 Å². The third kappa shape index (κ3) is 2.13. The number of nitrogens with zero attached hydrogens (tertiary/aromatic N) is 1. The van der Waals surface area contributed by atoms with Gasteiger partial charge in [-0.1, -0.05) is 0 Å². The standard InChI is InChI=1S/C10H7NO3S/c12-10(13)7-3-1-5-11-9(7)14-8-4-2-6-15-8/h1-6H,(H,12,13). The molecule has 0 amide bonds. The molecule has 0 spiro atoms. The lowest BCUT2D eigenvalue weighted by molar-refractivity contribution is 0.0693. The van der Waals surface area contributed by atoms with Crippen LogP contribution in [0.2, 0.25) is 0 Å². The average molecular weight is 221 g/mol. The van der Waals surface area contributed by atoms with Crippen molar-refractivity contribution >= 4 is 17.3 Å². The molecule has 0 aliphatic rings. The van der Waals surface area contributed by atoms with Crippen molar-refractivity contribution in [3.63, 3.8) is 0 Å². The Kier molecular flexibility index (Phi) is 2.64. The SMILES string of the molecule is O=C(O)c1cccnc1Oc1cccs1. The molecule has 0 saturated carbocycles. The minimum atomic E-state index is -1.05. The van der Waals surface area contributed by atoms with Crippen LogP contribution in [-0.2, 0) is 0 Å². The van der Waals surface area contributed by atoms with Gasteiger partial charge >= 0.3 is 5.97 Å². The van der Waals surface area contributed by atoms with Gasteiger partial charge in [0.25, 0.3) is 0 Å². The molecule has 5 heteroatoms. The second-order valence-corrected chi connectivity index (χ2v) is 3.61. The van der Waals surface area contributed by atoms with E-state index in [1.807, 2.05) is 11.4 Å². The Morgan fingerprint density at radius 2 is 2.27 bits per heavy atom. The summed E-state index contributed by atoms with van der Waals surface area (Å²) in [6.45, 7) is 0. The van der Waals surface area contributed by atoms with E-state index in [2.05, 4.69) is 4.98 Å². The largest absolute Gasteiger partial charge is 0.477 e. The number of rotatable bonds is 3. The van der Waals surface area contributed by atoms with E-state index in [-0.39, 0.29) is 11.4 Å². The zero-order valence-corrected chi connectivity index (χ0v) is 8.40. The number of pyridine rings is 1.